The lowest BCUT2D eigenvalue weighted by Crippen LogP contribution is -2.07. The summed E-state index contributed by atoms with van der Waals surface area (Å²) >= 11 is 0. The minimum Gasteiger partial charge on any atom is -0.363 e. The van der Waals surface area contributed by atoms with Crippen molar-refractivity contribution in [1.82, 2.24) is 5.32 Å². The second-order valence-electron chi connectivity index (χ2n) is 3.20. The van der Waals surface area contributed by atoms with Gasteiger partial charge in [-0.1, -0.05) is 40.9 Å². The fourth-order valence-electron chi connectivity index (χ4n) is 1.94. The summed E-state index contributed by atoms with van der Waals surface area (Å²) in [5.41, 5.74) is 2.31. The Morgan fingerprint density at radius 2 is 1.31 bits per heavy atom. The molecular formula is C12H23N. The van der Waals surface area contributed by atoms with Crippen LogP contribution in [0.1, 0.15) is 40.5 Å². The molecule has 1 heteroatoms. The minimum absolute atomic E-state index is 0.618. The molecule has 0 saturated carbocycles. The maximum Gasteiger partial charge on any atom is 0.0113 e. The summed E-state index contributed by atoms with van der Waals surface area (Å²) in [5, 5.41) is 3.23. The standard InChI is InChI=1S/C10H17N.C2H6/c1-5-9-7(3)11-8(4)10(9)6-2;1-2/h9-11H,3-6H2,1-2H3;1-2H3. The molecule has 1 aliphatic rings. The van der Waals surface area contributed by atoms with Crippen LogP contribution in [0.3, 0.4) is 0 Å². The Bertz CT molecular complexity index is 162. The quantitative estimate of drug-likeness (QED) is 0.685. The molecule has 0 aromatic heterocycles. The van der Waals surface area contributed by atoms with E-state index in [1.165, 1.54) is 12.8 Å². The SMILES string of the molecule is C=C1NC(=C)C(CC)C1CC.CC. The van der Waals surface area contributed by atoms with Crippen molar-refractivity contribution in [3.8, 4) is 0 Å². The highest BCUT2D eigenvalue weighted by Crippen LogP contribution is 2.35. The van der Waals surface area contributed by atoms with Crippen molar-refractivity contribution in [3.05, 3.63) is 24.6 Å². The van der Waals surface area contributed by atoms with Crippen LogP contribution in [0.25, 0.3) is 0 Å². The Balaban J connectivity index is 0.000000671. The van der Waals surface area contributed by atoms with Crippen LogP contribution in [0.15, 0.2) is 24.6 Å². The van der Waals surface area contributed by atoms with Gasteiger partial charge in [-0.05, 0) is 12.8 Å². The van der Waals surface area contributed by atoms with Crippen molar-refractivity contribution in [2.75, 3.05) is 0 Å². The summed E-state index contributed by atoms with van der Waals surface area (Å²) in [6.45, 7) is 16.4. The minimum atomic E-state index is 0.618. The van der Waals surface area contributed by atoms with Gasteiger partial charge >= 0.3 is 0 Å². The molecule has 1 N–H and O–H groups in total. The van der Waals surface area contributed by atoms with Crippen LogP contribution >= 0.6 is 0 Å². The Kier molecular flexibility index (Phi) is 5.52. The van der Waals surface area contributed by atoms with E-state index in [9.17, 15) is 0 Å². The predicted octanol–water partition coefficient (Wildman–Crippen LogP) is 3.70. The number of nitrogens with one attached hydrogen (secondary N) is 1. The van der Waals surface area contributed by atoms with Crippen molar-refractivity contribution >= 4 is 0 Å². The van der Waals surface area contributed by atoms with Crippen molar-refractivity contribution in [3.63, 3.8) is 0 Å². The molecule has 0 radical (unpaired) electrons. The fourth-order valence-corrected chi connectivity index (χ4v) is 1.94. The summed E-state index contributed by atoms with van der Waals surface area (Å²) in [6.07, 6.45) is 2.34. The normalized spacial score (nSPS) is 26.5. The molecule has 0 aromatic rings. The Labute approximate surface area is 82.9 Å². The van der Waals surface area contributed by atoms with Gasteiger partial charge in [0.2, 0.25) is 0 Å². The molecular weight excluding hydrogens is 158 g/mol. The van der Waals surface area contributed by atoms with E-state index < -0.39 is 0 Å². The van der Waals surface area contributed by atoms with E-state index in [1.807, 2.05) is 13.8 Å². The molecule has 1 saturated heterocycles. The molecule has 13 heavy (non-hydrogen) atoms. The molecule has 2 atom stereocenters. The number of allylic oxidation sites excluding steroid dienone is 2. The Morgan fingerprint density at radius 3 is 1.54 bits per heavy atom. The van der Waals surface area contributed by atoms with Gasteiger partial charge in [-0.3, -0.25) is 0 Å². The number of hydrogen-bond acceptors (Lipinski definition) is 1. The topological polar surface area (TPSA) is 12.0 Å². The average Bonchev–Trinajstić information content (AvgIpc) is 2.43. The lowest BCUT2D eigenvalue weighted by atomic mass is 9.88. The van der Waals surface area contributed by atoms with Gasteiger partial charge in [0, 0.05) is 23.2 Å². The molecule has 2 unspecified atom stereocenters. The van der Waals surface area contributed by atoms with E-state index in [1.54, 1.807) is 0 Å². The zero-order valence-electron chi connectivity index (χ0n) is 9.48. The molecule has 1 nitrogen and oxygen atoms in total. The first-order valence-corrected chi connectivity index (χ1v) is 5.35. The molecule has 1 aliphatic heterocycles. The maximum atomic E-state index is 3.98. The number of hydrogen-bond donors (Lipinski definition) is 1. The van der Waals surface area contributed by atoms with Crippen molar-refractivity contribution < 1.29 is 0 Å². The first-order valence-electron chi connectivity index (χ1n) is 5.35. The lowest BCUT2D eigenvalue weighted by Gasteiger charge is -2.14. The van der Waals surface area contributed by atoms with Crippen LogP contribution in [0, 0.1) is 11.8 Å². The highest BCUT2D eigenvalue weighted by atomic mass is 15.0. The van der Waals surface area contributed by atoms with Crippen LogP contribution in [0.2, 0.25) is 0 Å². The van der Waals surface area contributed by atoms with E-state index >= 15 is 0 Å². The molecule has 76 valence electrons. The van der Waals surface area contributed by atoms with Crippen molar-refractivity contribution in [2.45, 2.75) is 40.5 Å². The maximum absolute atomic E-state index is 3.98. The van der Waals surface area contributed by atoms with Gasteiger partial charge in [-0.15, -0.1) is 0 Å². The van der Waals surface area contributed by atoms with E-state index in [-0.39, 0.29) is 0 Å². The van der Waals surface area contributed by atoms with Gasteiger partial charge < -0.3 is 5.32 Å². The van der Waals surface area contributed by atoms with E-state index in [2.05, 4.69) is 32.3 Å². The molecule has 0 bridgehead atoms. The zero-order valence-corrected chi connectivity index (χ0v) is 9.48. The molecule has 1 fully saturated rings. The largest absolute Gasteiger partial charge is 0.363 e. The predicted molar refractivity (Wildman–Crippen MR) is 60.3 cm³/mol. The molecule has 0 aromatic carbocycles. The highest BCUT2D eigenvalue weighted by molar-refractivity contribution is 5.21. The van der Waals surface area contributed by atoms with Crippen molar-refractivity contribution in [1.29, 1.82) is 0 Å². The Morgan fingerprint density at radius 1 is 1.00 bits per heavy atom. The van der Waals surface area contributed by atoms with Crippen LogP contribution in [-0.4, -0.2) is 0 Å². The van der Waals surface area contributed by atoms with Crippen LogP contribution in [0.4, 0.5) is 0 Å². The summed E-state index contributed by atoms with van der Waals surface area (Å²) in [6, 6.07) is 0. The first kappa shape index (κ1) is 12.3. The average molecular weight is 181 g/mol. The van der Waals surface area contributed by atoms with Gasteiger partial charge in [-0.25, -0.2) is 0 Å². The van der Waals surface area contributed by atoms with Crippen LogP contribution in [-0.2, 0) is 0 Å². The molecule has 1 heterocycles. The lowest BCUT2D eigenvalue weighted by molar-refractivity contribution is 0.451. The second-order valence-corrected chi connectivity index (χ2v) is 3.20. The van der Waals surface area contributed by atoms with Gasteiger partial charge in [0.25, 0.3) is 0 Å². The molecule has 0 amide bonds. The second kappa shape index (κ2) is 5.85. The third-order valence-electron chi connectivity index (χ3n) is 2.58. The fraction of sp³-hybridized carbons (Fsp3) is 0.667. The van der Waals surface area contributed by atoms with Gasteiger partial charge in [0.1, 0.15) is 0 Å². The van der Waals surface area contributed by atoms with Gasteiger partial charge in [0.15, 0.2) is 0 Å². The third kappa shape index (κ3) is 2.61. The van der Waals surface area contributed by atoms with Crippen LogP contribution < -0.4 is 5.32 Å². The molecule has 1 rings (SSSR count). The van der Waals surface area contributed by atoms with E-state index in [0.717, 1.165) is 11.4 Å². The summed E-state index contributed by atoms with van der Waals surface area (Å²) in [7, 11) is 0. The smallest absolute Gasteiger partial charge is 0.0113 e. The molecule has 0 spiro atoms. The Hall–Kier alpha value is -0.720. The summed E-state index contributed by atoms with van der Waals surface area (Å²) in [4.78, 5) is 0. The molecule has 0 aliphatic carbocycles. The van der Waals surface area contributed by atoms with E-state index in [0.29, 0.717) is 11.8 Å². The van der Waals surface area contributed by atoms with Gasteiger partial charge in [-0.2, -0.15) is 0 Å². The third-order valence-corrected chi connectivity index (χ3v) is 2.58. The monoisotopic (exact) mass is 181 g/mol. The van der Waals surface area contributed by atoms with Crippen molar-refractivity contribution in [2.24, 2.45) is 11.8 Å². The highest BCUT2D eigenvalue weighted by Gasteiger charge is 2.30. The number of rotatable bonds is 2. The first-order chi connectivity index (χ1) is 6.20. The van der Waals surface area contributed by atoms with E-state index in [4.69, 9.17) is 0 Å². The van der Waals surface area contributed by atoms with Crippen LogP contribution in [0.5, 0.6) is 0 Å². The summed E-state index contributed by atoms with van der Waals surface area (Å²) < 4.78 is 0. The zero-order chi connectivity index (χ0) is 10.4. The summed E-state index contributed by atoms with van der Waals surface area (Å²) in [5.74, 6) is 1.24. The van der Waals surface area contributed by atoms with Gasteiger partial charge in [0.05, 0.1) is 0 Å².